The van der Waals surface area contributed by atoms with E-state index in [0.29, 0.717) is 11.6 Å². The molecule has 7 heteroatoms. The van der Waals surface area contributed by atoms with Gasteiger partial charge in [-0.05, 0) is 44.0 Å². The second kappa shape index (κ2) is 10.2. The van der Waals surface area contributed by atoms with Crippen LogP contribution in [0.15, 0.2) is 24.3 Å². The van der Waals surface area contributed by atoms with Crippen LogP contribution in [0.3, 0.4) is 0 Å². The van der Waals surface area contributed by atoms with Crippen molar-refractivity contribution in [2.24, 2.45) is 0 Å². The molecule has 1 N–H and O–H groups in total. The number of carbonyl (C=O) groups is 2. The van der Waals surface area contributed by atoms with Crippen LogP contribution in [0, 0.1) is 0 Å². The van der Waals surface area contributed by atoms with E-state index < -0.39 is 0 Å². The first-order valence-corrected chi connectivity index (χ1v) is 10.7. The first-order chi connectivity index (χ1) is 13.5. The Kier molecular flexibility index (Phi) is 7.71. The number of likely N-dealkylation sites (tertiary alicyclic amines) is 1. The highest BCUT2D eigenvalue weighted by molar-refractivity contribution is 6.30. The zero-order valence-electron chi connectivity index (χ0n) is 16.7. The van der Waals surface area contributed by atoms with E-state index in [1.165, 1.54) is 12.8 Å². The van der Waals surface area contributed by atoms with Crippen LogP contribution >= 0.6 is 11.6 Å². The largest absolute Gasteiger partial charge is 0.342 e. The normalized spacial score (nSPS) is 20.4. The monoisotopic (exact) mass is 406 g/mol. The number of anilines is 1. The average Bonchev–Trinajstić information content (AvgIpc) is 2.99. The van der Waals surface area contributed by atoms with Crippen molar-refractivity contribution in [1.82, 2.24) is 14.7 Å². The highest BCUT2D eigenvalue weighted by Gasteiger charge is 2.27. The maximum absolute atomic E-state index is 12.6. The molecule has 154 valence electrons. The second-order valence-electron chi connectivity index (χ2n) is 7.78. The smallest absolute Gasteiger partial charge is 0.241 e. The van der Waals surface area contributed by atoms with Gasteiger partial charge in [0.2, 0.25) is 11.8 Å². The highest BCUT2D eigenvalue weighted by Crippen LogP contribution is 2.15. The molecule has 6 nitrogen and oxygen atoms in total. The third-order valence-electron chi connectivity index (χ3n) is 5.76. The number of carbonyl (C=O) groups excluding carboxylic acids is 2. The summed E-state index contributed by atoms with van der Waals surface area (Å²) in [5, 5.41) is 3.59. The van der Waals surface area contributed by atoms with Crippen molar-refractivity contribution in [1.29, 1.82) is 0 Å². The summed E-state index contributed by atoms with van der Waals surface area (Å²) >= 11 is 5.89. The van der Waals surface area contributed by atoms with Gasteiger partial charge in [0.05, 0.1) is 12.6 Å². The van der Waals surface area contributed by atoms with Gasteiger partial charge in [0, 0.05) is 50.0 Å². The van der Waals surface area contributed by atoms with Gasteiger partial charge < -0.3 is 10.2 Å². The molecule has 2 heterocycles. The van der Waals surface area contributed by atoms with Gasteiger partial charge in [-0.25, -0.2) is 0 Å². The number of amides is 2. The molecule has 0 radical (unpaired) electrons. The van der Waals surface area contributed by atoms with Crippen molar-refractivity contribution in [3.63, 3.8) is 0 Å². The summed E-state index contributed by atoms with van der Waals surface area (Å²) in [6.07, 6.45) is 4.72. The first-order valence-electron chi connectivity index (χ1n) is 10.3. The van der Waals surface area contributed by atoms with Gasteiger partial charge in [-0.2, -0.15) is 0 Å². The molecule has 2 saturated heterocycles. The van der Waals surface area contributed by atoms with Crippen LogP contribution in [-0.4, -0.2) is 78.4 Å². The van der Waals surface area contributed by atoms with Gasteiger partial charge in [-0.1, -0.05) is 24.4 Å². The Balaban J connectivity index is 1.43. The van der Waals surface area contributed by atoms with E-state index in [0.717, 1.165) is 57.8 Å². The number of rotatable bonds is 5. The van der Waals surface area contributed by atoms with Crippen LogP contribution in [0.5, 0.6) is 0 Å². The molecule has 1 aromatic carbocycles. The summed E-state index contributed by atoms with van der Waals surface area (Å²) in [6.45, 7) is 7.46. The number of halogens is 1. The third-order valence-corrected chi connectivity index (χ3v) is 6.02. The van der Waals surface area contributed by atoms with Crippen molar-refractivity contribution >= 4 is 29.1 Å². The molecule has 0 aromatic heterocycles. The zero-order valence-corrected chi connectivity index (χ0v) is 17.5. The first kappa shape index (κ1) is 21.1. The molecule has 2 aliphatic rings. The molecule has 0 spiro atoms. The number of piperazine rings is 1. The molecule has 2 aliphatic heterocycles. The van der Waals surface area contributed by atoms with Gasteiger partial charge >= 0.3 is 0 Å². The Bertz CT molecular complexity index is 651. The van der Waals surface area contributed by atoms with Gasteiger partial charge in [0.25, 0.3) is 0 Å². The topological polar surface area (TPSA) is 55.9 Å². The van der Waals surface area contributed by atoms with E-state index in [4.69, 9.17) is 11.6 Å². The Labute approximate surface area is 172 Å². The number of benzene rings is 1. The van der Waals surface area contributed by atoms with E-state index in [-0.39, 0.29) is 17.9 Å². The van der Waals surface area contributed by atoms with Crippen molar-refractivity contribution in [2.75, 3.05) is 51.1 Å². The molecule has 0 aliphatic carbocycles. The van der Waals surface area contributed by atoms with E-state index in [1.54, 1.807) is 24.3 Å². The fourth-order valence-corrected chi connectivity index (χ4v) is 3.99. The van der Waals surface area contributed by atoms with Crippen LogP contribution in [0.4, 0.5) is 5.69 Å². The Morgan fingerprint density at radius 1 is 0.964 bits per heavy atom. The van der Waals surface area contributed by atoms with Crippen LogP contribution in [0.2, 0.25) is 5.02 Å². The number of hydrogen-bond acceptors (Lipinski definition) is 4. The predicted molar refractivity (Wildman–Crippen MR) is 113 cm³/mol. The highest BCUT2D eigenvalue weighted by atomic mass is 35.5. The molecule has 28 heavy (non-hydrogen) atoms. The lowest BCUT2D eigenvalue weighted by Crippen LogP contribution is -2.54. The molecule has 2 fully saturated rings. The Morgan fingerprint density at radius 3 is 2.18 bits per heavy atom. The average molecular weight is 407 g/mol. The van der Waals surface area contributed by atoms with Crippen molar-refractivity contribution < 1.29 is 9.59 Å². The molecule has 0 saturated carbocycles. The predicted octanol–water partition coefficient (Wildman–Crippen LogP) is 2.69. The fourth-order valence-electron chi connectivity index (χ4n) is 3.87. The summed E-state index contributed by atoms with van der Waals surface area (Å²) < 4.78 is 0. The van der Waals surface area contributed by atoms with E-state index in [1.807, 2.05) is 11.8 Å². The third kappa shape index (κ3) is 5.93. The molecule has 0 bridgehead atoms. The lowest BCUT2D eigenvalue weighted by Gasteiger charge is -2.37. The maximum atomic E-state index is 12.6. The number of nitrogens with zero attached hydrogens (tertiary/aromatic N) is 3. The minimum atomic E-state index is -0.209. The van der Waals surface area contributed by atoms with Gasteiger partial charge in [-0.3, -0.25) is 19.4 Å². The lowest BCUT2D eigenvalue weighted by molar-refractivity contribution is -0.133. The zero-order chi connectivity index (χ0) is 19.9. The minimum Gasteiger partial charge on any atom is -0.342 e. The SMILES string of the molecule is C[C@H](C(=O)Nc1ccc(Cl)cc1)N1CCN(CC(=O)N2CCCCCC2)CC1. The van der Waals surface area contributed by atoms with Crippen molar-refractivity contribution in [2.45, 2.75) is 38.6 Å². The van der Waals surface area contributed by atoms with Crippen molar-refractivity contribution in [3.05, 3.63) is 29.3 Å². The van der Waals surface area contributed by atoms with E-state index >= 15 is 0 Å². The van der Waals surface area contributed by atoms with Crippen LogP contribution in [0.1, 0.15) is 32.6 Å². The van der Waals surface area contributed by atoms with Crippen LogP contribution in [0.25, 0.3) is 0 Å². The molecule has 2 amide bonds. The van der Waals surface area contributed by atoms with Crippen molar-refractivity contribution in [3.8, 4) is 0 Å². The summed E-state index contributed by atoms with van der Waals surface area (Å²) in [5.41, 5.74) is 0.753. The van der Waals surface area contributed by atoms with E-state index in [9.17, 15) is 9.59 Å². The Morgan fingerprint density at radius 2 is 1.57 bits per heavy atom. The number of nitrogens with one attached hydrogen (secondary N) is 1. The van der Waals surface area contributed by atoms with Gasteiger partial charge in [0.1, 0.15) is 0 Å². The maximum Gasteiger partial charge on any atom is 0.241 e. The Hall–Kier alpha value is -1.63. The summed E-state index contributed by atoms with van der Waals surface area (Å²) in [7, 11) is 0. The molecule has 0 unspecified atom stereocenters. The second-order valence-corrected chi connectivity index (χ2v) is 8.22. The quantitative estimate of drug-likeness (QED) is 0.816. The molecular weight excluding hydrogens is 376 g/mol. The van der Waals surface area contributed by atoms with Crippen LogP contribution in [-0.2, 0) is 9.59 Å². The van der Waals surface area contributed by atoms with Crippen LogP contribution < -0.4 is 5.32 Å². The molecular formula is C21H31ClN4O2. The minimum absolute atomic E-state index is 0.0172. The fraction of sp³-hybridized carbons (Fsp3) is 0.619. The van der Waals surface area contributed by atoms with E-state index in [2.05, 4.69) is 15.1 Å². The lowest BCUT2D eigenvalue weighted by atomic mass is 10.2. The summed E-state index contributed by atoms with van der Waals surface area (Å²) in [4.78, 5) is 31.5. The molecule has 1 aromatic rings. The van der Waals surface area contributed by atoms with Gasteiger partial charge in [0.15, 0.2) is 0 Å². The number of hydrogen-bond donors (Lipinski definition) is 1. The summed E-state index contributed by atoms with van der Waals surface area (Å²) in [5.74, 6) is 0.236. The molecule has 3 rings (SSSR count). The molecule has 1 atom stereocenters. The standard InChI is InChI=1S/C21H31ClN4O2/c1-17(21(28)23-19-8-6-18(22)7-9-19)25-14-12-24(13-15-25)16-20(27)26-10-4-2-3-5-11-26/h6-9,17H,2-5,10-16H2,1H3,(H,23,28)/t17-/m1/s1. The summed E-state index contributed by atoms with van der Waals surface area (Å²) in [6, 6.07) is 6.93. The van der Waals surface area contributed by atoms with Gasteiger partial charge in [-0.15, -0.1) is 0 Å².